The maximum absolute atomic E-state index is 12.9. The molecular formula is C33H42N8O2. The summed E-state index contributed by atoms with van der Waals surface area (Å²) in [6.45, 7) is 6.06. The van der Waals surface area contributed by atoms with Crippen molar-refractivity contribution in [2.24, 2.45) is 5.73 Å². The minimum atomic E-state index is -0.638. The second kappa shape index (κ2) is 12.2. The van der Waals surface area contributed by atoms with Crippen LogP contribution in [0.4, 0.5) is 23.0 Å². The van der Waals surface area contributed by atoms with Gasteiger partial charge in [0.25, 0.3) is 11.8 Å². The third-order valence-electron chi connectivity index (χ3n) is 9.32. The van der Waals surface area contributed by atoms with E-state index in [2.05, 4.69) is 49.8 Å². The molecule has 1 aromatic heterocycles. The number of aromatic nitrogens is 2. The molecule has 226 valence electrons. The van der Waals surface area contributed by atoms with E-state index in [1.54, 1.807) is 6.20 Å². The highest BCUT2D eigenvalue weighted by Crippen LogP contribution is 2.39. The Labute approximate surface area is 253 Å². The van der Waals surface area contributed by atoms with Crippen LogP contribution < -0.4 is 26.6 Å². The van der Waals surface area contributed by atoms with E-state index in [0.717, 1.165) is 62.7 Å². The molecule has 1 aliphatic carbocycles. The molecule has 0 unspecified atom stereocenters. The van der Waals surface area contributed by atoms with Gasteiger partial charge in [0, 0.05) is 49.2 Å². The number of likely N-dealkylation sites (tertiary alicyclic amines) is 1. The van der Waals surface area contributed by atoms with Crippen LogP contribution in [-0.4, -0.2) is 72.0 Å². The molecule has 1 saturated carbocycles. The molecule has 5 N–H and O–H groups in total. The van der Waals surface area contributed by atoms with E-state index in [4.69, 9.17) is 10.7 Å². The molecule has 3 aromatic rings. The van der Waals surface area contributed by atoms with Crippen molar-refractivity contribution in [3.63, 3.8) is 0 Å². The monoisotopic (exact) mass is 582 g/mol. The number of amides is 2. The summed E-state index contributed by atoms with van der Waals surface area (Å²) in [5.74, 6) is 0.229. The number of carbonyl (C=O) groups excluding carboxylic acids is 2. The molecule has 0 bridgehead atoms. The lowest BCUT2D eigenvalue weighted by Crippen LogP contribution is -2.48. The number of rotatable bonds is 9. The molecule has 2 saturated heterocycles. The van der Waals surface area contributed by atoms with Gasteiger partial charge in [-0.15, -0.1) is 0 Å². The Morgan fingerprint density at radius 2 is 1.65 bits per heavy atom. The van der Waals surface area contributed by atoms with Gasteiger partial charge >= 0.3 is 0 Å². The zero-order valence-corrected chi connectivity index (χ0v) is 25.1. The molecule has 3 aliphatic rings. The normalized spacial score (nSPS) is 20.3. The van der Waals surface area contributed by atoms with Gasteiger partial charge in [0.1, 0.15) is 5.82 Å². The molecule has 3 heterocycles. The fourth-order valence-corrected chi connectivity index (χ4v) is 6.36. The summed E-state index contributed by atoms with van der Waals surface area (Å²) in [4.78, 5) is 39.0. The van der Waals surface area contributed by atoms with E-state index >= 15 is 0 Å². The van der Waals surface area contributed by atoms with Gasteiger partial charge in [0.05, 0.1) is 6.20 Å². The Morgan fingerprint density at radius 1 is 0.953 bits per heavy atom. The summed E-state index contributed by atoms with van der Waals surface area (Å²) in [6, 6.07) is 16.6. The lowest BCUT2D eigenvalue weighted by Gasteiger charge is -2.40. The van der Waals surface area contributed by atoms with Gasteiger partial charge in [-0.1, -0.05) is 19.1 Å². The van der Waals surface area contributed by atoms with E-state index < -0.39 is 5.91 Å². The first kappa shape index (κ1) is 28.9. The lowest BCUT2D eigenvalue weighted by atomic mass is 9.74. The molecule has 0 radical (unpaired) electrons. The second-order valence-electron chi connectivity index (χ2n) is 12.4. The summed E-state index contributed by atoms with van der Waals surface area (Å²) in [5.41, 5.74) is 9.67. The Hall–Kier alpha value is -4.18. The molecule has 0 spiro atoms. The van der Waals surface area contributed by atoms with Crippen molar-refractivity contribution in [3.05, 3.63) is 71.5 Å². The average Bonchev–Trinajstić information content (AvgIpc) is 3.88. The van der Waals surface area contributed by atoms with Crippen LogP contribution in [0.25, 0.3) is 0 Å². The number of primary amides is 1. The number of piperidine rings is 2. The quantitative estimate of drug-likeness (QED) is 0.294. The first-order valence-corrected chi connectivity index (χ1v) is 15.4. The van der Waals surface area contributed by atoms with Crippen LogP contribution in [0.15, 0.2) is 54.7 Å². The van der Waals surface area contributed by atoms with Crippen LogP contribution in [0.1, 0.15) is 71.9 Å². The number of hydrogen-bond donors (Lipinski definition) is 4. The summed E-state index contributed by atoms with van der Waals surface area (Å²) < 4.78 is 0. The van der Waals surface area contributed by atoms with Gasteiger partial charge in [-0.05, 0) is 99.0 Å². The summed E-state index contributed by atoms with van der Waals surface area (Å²) >= 11 is 0. The molecular weight excluding hydrogens is 540 g/mol. The van der Waals surface area contributed by atoms with Crippen molar-refractivity contribution in [1.29, 1.82) is 0 Å². The fraction of sp³-hybridized carbons (Fsp3) is 0.455. The molecule has 3 fully saturated rings. The Kier molecular flexibility index (Phi) is 8.21. The Morgan fingerprint density at radius 3 is 2.30 bits per heavy atom. The maximum Gasteiger partial charge on any atom is 0.271 e. The van der Waals surface area contributed by atoms with Crippen LogP contribution in [0.5, 0.6) is 0 Å². The van der Waals surface area contributed by atoms with E-state index in [1.807, 2.05) is 43.4 Å². The number of carbonyl (C=O) groups is 2. The van der Waals surface area contributed by atoms with E-state index in [1.165, 1.54) is 18.4 Å². The van der Waals surface area contributed by atoms with Crippen molar-refractivity contribution in [2.45, 2.75) is 62.9 Å². The van der Waals surface area contributed by atoms with Gasteiger partial charge < -0.3 is 31.5 Å². The third-order valence-corrected chi connectivity index (χ3v) is 9.32. The predicted octanol–water partition coefficient (Wildman–Crippen LogP) is 4.28. The average molecular weight is 583 g/mol. The number of nitrogens with one attached hydrogen (secondary N) is 3. The summed E-state index contributed by atoms with van der Waals surface area (Å²) in [7, 11) is 1.85. The highest BCUT2D eigenvalue weighted by molar-refractivity contribution is 5.96. The Bertz CT molecular complexity index is 1450. The minimum Gasteiger partial charge on any atom is -0.388 e. The van der Waals surface area contributed by atoms with E-state index in [-0.39, 0.29) is 23.1 Å². The topological polar surface area (TPSA) is 129 Å². The van der Waals surface area contributed by atoms with Gasteiger partial charge in [0.2, 0.25) is 0 Å². The number of anilines is 4. The molecule has 6 rings (SSSR count). The van der Waals surface area contributed by atoms with Crippen molar-refractivity contribution in [3.8, 4) is 0 Å². The van der Waals surface area contributed by atoms with Crippen LogP contribution in [0.2, 0.25) is 0 Å². The largest absolute Gasteiger partial charge is 0.388 e. The molecule has 1 atom stereocenters. The van der Waals surface area contributed by atoms with Crippen LogP contribution >= 0.6 is 0 Å². The Balaban J connectivity index is 1.13. The first-order valence-electron chi connectivity index (χ1n) is 15.4. The number of hydrogen-bond acceptors (Lipinski definition) is 8. The van der Waals surface area contributed by atoms with E-state index in [0.29, 0.717) is 23.7 Å². The highest BCUT2D eigenvalue weighted by Gasteiger charge is 2.37. The maximum atomic E-state index is 12.9. The van der Waals surface area contributed by atoms with Crippen LogP contribution in [-0.2, 0) is 5.41 Å². The number of nitrogens with zero attached hydrogens (tertiary/aromatic N) is 4. The molecule has 10 heteroatoms. The van der Waals surface area contributed by atoms with Crippen molar-refractivity contribution in [2.75, 3.05) is 48.8 Å². The predicted molar refractivity (Wildman–Crippen MR) is 170 cm³/mol. The fourth-order valence-electron chi connectivity index (χ4n) is 6.36. The molecule has 2 amide bonds. The minimum absolute atomic E-state index is 0.0377. The number of nitrogens with two attached hydrogens (primary N) is 1. The summed E-state index contributed by atoms with van der Waals surface area (Å²) in [6.07, 6.45) is 8.39. The van der Waals surface area contributed by atoms with Crippen molar-refractivity contribution < 1.29 is 9.59 Å². The van der Waals surface area contributed by atoms with Gasteiger partial charge in [0.15, 0.2) is 11.5 Å². The zero-order valence-electron chi connectivity index (χ0n) is 25.1. The molecule has 2 aromatic carbocycles. The van der Waals surface area contributed by atoms with Crippen molar-refractivity contribution in [1.82, 2.24) is 20.2 Å². The van der Waals surface area contributed by atoms with E-state index in [9.17, 15) is 9.59 Å². The van der Waals surface area contributed by atoms with Crippen LogP contribution in [0, 0.1) is 0 Å². The van der Waals surface area contributed by atoms with Gasteiger partial charge in [-0.25, -0.2) is 9.97 Å². The van der Waals surface area contributed by atoms with Gasteiger partial charge in [-0.2, -0.15) is 0 Å². The standard InChI is InChI=1S/C33H42N8O2/c1-33(15-18-40(19-16-33)27-13-14-27)23-7-11-25(12-8-23)37-31-29(30(34)42)36-20-28(39-31)41-17-3-4-26(21-41)38-32(43)22-5-9-24(35-2)10-6-22/h5-12,20,26-27,35H,3-4,13-19,21H2,1-2H3,(H2,34,42)(H,37,39)(H,38,43)/t26-/m1/s1. The highest BCUT2D eigenvalue weighted by atomic mass is 16.2. The van der Waals surface area contributed by atoms with Gasteiger partial charge in [-0.3, -0.25) is 9.59 Å². The SMILES string of the molecule is CNc1ccc(C(=O)N[C@@H]2CCCN(c3cnc(C(N)=O)c(Nc4ccc(C5(C)CCN(C6CC6)CC5)cc4)n3)C2)cc1. The lowest BCUT2D eigenvalue weighted by molar-refractivity contribution is 0.0932. The molecule has 2 aliphatic heterocycles. The van der Waals surface area contributed by atoms with Crippen molar-refractivity contribution >= 4 is 34.8 Å². The third kappa shape index (κ3) is 6.59. The first-order chi connectivity index (χ1) is 20.8. The molecule has 10 nitrogen and oxygen atoms in total. The van der Waals surface area contributed by atoms with Crippen LogP contribution in [0.3, 0.4) is 0 Å². The summed E-state index contributed by atoms with van der Waals surface area (Å²) in [5, 5.41) is 9.52. The second-order valence-corrected chi connectivity index (χ2v) is 12.4. The zero-order chi connectivity index (χ0) is 30.0. The smallest absolute Gasteiger partial charge is 0.271 e. The molecule has 43 heavy (non-hydrogen) atoms. The number of benzene rings is 2.